The lowest BCUT2D eigenvalue weighted by atomic mass is 9.89. The fourth-order valence-corrected chi connectivity index (χ4v) is 2.76. The average molecular weight is 281 g/mol. The molecule has 0 aromatic heterocycles. The average Bonchev–Trinajstić information content (AvgIpc) is 2.37. The zero-order chi connectivity index (χ0) is 13.8. The summed E-state index contributed by atoms with van der Waals surface area (Å²) in [6, 6.07) is 7.98. The fourth-order valence-electron chi connectivity index (χ4n) is 2.63. The smallest absolute Gasteiger partial charge is 0.224 e. The van der Waals surface area contributed by atoms with Crippen LogP contribution < -0.4 is 10.6 Å². The Bertz CT molecular complexity index is 422. The predicted molar refractivity (Wildman–Crippen MR) is 78.3 cm³/mol. The Kier molecular flexibility index (Phi) is 4.83. The number of carbonyl (C=O) groups is 1. The standard InChI is InChI=1S/C15H21ClN2O/c1-10-7-8-17-11(2)15(10)18-14(19)9-12-3-5-13(16)6-4-12/h3-6,10-11,15,17H,7-9H2,1-2H3,(H,18,19). The van der Waals surface area contributed by atoms with Gasteiger partial charge < -0.3 is 10.6 Å². The monoisotopic (exact) mass is 280 g/mol. The SMILES string of the molecule is CC1CCNC(C)C1NC(=O)Cc1ccc(Cl)cc1. The van der Waals surface area contributed by atoms with E-state index in [4.69, 9.17) is 11.6 Å². The Hall–Kier alpha value is -1.06. The van der Waals surface area contributed by atoms with Crippen molar-refractivity contribution in [1.29, 1.82) is 0 Å². The number of rotatable bonds is 3. The van der Waals surface area contributed by atoms with E-state index in [9.17, 15) is 4.79 Å². The molecule has 0 saturated carbocycles. The first kappa shape index (κ1) is 14.4. The van der Waals surface area contributed by atoms with Gasteiger partial charge in [-0.2, -0.15) is 0 Å². The largest absolute Gasteiger partial charge is 0.351 e. The summed E-state index contributed by atoms with van der Waals surface area (Å²) in [5.74, 6) is 0.597. The number of carbonyl (C=O) groups excluding carboxylic acids is 1. The van der Waals surface area contributed by atoms with Crippen molar-refractivity contribution in [1.82, 2.24) is 10.6 Å². The van der Waals surface area contributed by atoms with Gasteiger partial charge in [-0.25, -0.2) is 0 Å². The van der Waals surface area contributed by atoms with Crippen LogP contribution in [-0.2, 0) is 11.2 Å². The second-order valence-electron chi connectivity index (χ2n) is 5.41. The summed E-state index contributed by atoms with van der Waals surface area (Å²) in [6.07, 6.45) is 1.52. The first-order chi connectivity index (χ1) is 9.06. The van der Waals surface area contributed by atoms with Gasteiger partial charge in [0.05, 0.1) is 6.42 Å². The molecule has 0 spiro atoms. The Morgan fingerprint density at radius 3 is 2.68 bits per heavy atom. The van der Waals surface area contributed by atoms with E-state index < -0.39 is 0 Å². The summed E-state index contributed by atoms with van der Waals surface area (Å²) in [5.41, 5.74) is 0.992. The van der Waals surface area contributed by atoms with E-state index in [0.29, 0.717) is 23.4 Å². The van der Waals surface area contributed by atoms with E-state index in [-0.39, 0.29) is 11.9 Å². The van der Waals surface area contributed by atoms with Crippen molar-refractivity contribution in [3.8, 4) is 0 Å². The molecule has 0 radical (unpaired) electrons. The maximum absolute atomic E-state index is 12.1. The lowest BCUT2D eigenvalue weighted by Gasteiger charge is -2.36. The molecule has 3 nitrogen and oxygen atoms in total. The van der Waals surface area contributed by atoms with Gasteiger partial charge in [0.1, 0.15) is 0 Å². The highest BCUT2D eigenvalue weighted by molar-refractivity contribution is 6.30. The molecule has 4 heteroatoms. The molecule has 1 aromatic rings. The first-order valence-electron chi connectivity index (χ1n) is 6.83. The highest BCUT2D eigenvalue weighted by atomic mass is 35.5. The minimum absolute atomic E-state index is 0.0784. The molecule has 1 aliphatic rings. The second-order valence-corrected chi connectivity index (χ2v) is 5.84. The molecule has 1 heterocycles. The van der Waals surface area contributed by atoms with Gasteiger partial charge in [-0.15, -0.1) is 0 Å². The van der Waals surface area contributed by atoms with Crippen LogP contribution in [0.3, 0.4) is 0 Å². The molecule has 1 fully saturated rings. The first-order valence-corrected chi connectivity index (χ1v) is 7.21. The highest BCUT2D eigenvalue weighted by Gasteiger charge is 2.28. The van der Waals surface area contributed by atoms with Crippen LogP contribution in [0, 0.1) is 5.92 Å². The summed E-state index contributed by atoms with van der Waals surface area (Å²) in [7, 11) is 0. The molecule has 0 bridgehead atoms. The summed E-state index contributed by atoms with van der Waals surface area (Å²) in [5, 5.41) is 7.25. The lowest BCUT2D eigenvalue weighted by molar-refractivity contribution is -0.121. The van der Waals surface area contributed by atoms with Crippen LogP contribution in [-0.4, -0.2) is 24.5 Å². The highest BCUT2D eigenvalue weighted by Crippen LogP contribution is 2.16. The van der Waals surface area contributed by atoms with Gasteiger partial charge in [0.2, 0.25) is 5.91 Å². The van der Waals surface area contributed by atoms with E-state index >= 15 is 0 Å². The summed E-state index contributed by atoms with van der Waals surface area (Å²) < 4.78 is 0. The van der Waals surface area contributed by atoms with Crippen LogP contribution in [0.25, 0.3) is 0 Å². The van der Waals surface area contributed by atoms with Crippen LogP contribution in [0.1, 0.15) is 25.8 Å². The van der Waals surface area contributed by atoms with Crippen LogP contribution in [0.2, 0.25) is 5.02 Å². The molecule has 1 saturated heterocycles. The van der Waals surface area contributed by atoms with Gasteiger partial charge in [0, 0.05) is 17.1 Å². The fraction of sp³-hybridized carbons (Fsp3) is 0.533. The van der Waals surface area contributed by atoms with Crippen molar-refractivity contribution >= 4 is 17.5 Å². The number of hydrogen-bond acceptors (Lipinski definition) is 2. The second kappa shape index (κ2) is 6.40. The van der Waals surface area contributed by atoms with Gasteiger partial charge in [0.25, 0.3) is 0 Å². The normalized spacial score (nSPS) is 27.0. The van der Waals surface area contributed by atoms with Gasteiger partial charge in [0.15, 0.2) is 0 Å². The van der Waals surface area contributed by atoms with Crippen LogP contribution >= 0.6 is 11.6 Å². The summed E-state index contributed by atoms with van der Waals surface area (Å²) in [6.45, 7) is 5.36. The topological polar surface area (TPSA) is 41.1 Å². The third-order valence-corrected chi connectivity index (χ3v) is 4.08. The molecule has 19 heavy (non-hydrogen) atoms. The molecule has 0 aliphatic carbocycles. The van der Waals surface area contributed by atoms with Gasteiger partial charge in [-0.1, -0.05) is 30.7 Å². The van der Waals surface area contributed by atoms with Gasteiger partial charge >= 0.3 is 0 Å². The molecule has 2 rings (SSSR count). The van der Waals surface area contributed by atoms with Crippen molar-refractivity contribution in [3.05, 3.63) is 34.9 Å². The van der Waals surface area contributed by atoms with E-state index in [0.717, 1.165) is 18.5 Å². The molecule has 104 valence electrons. The van der Waals surface area contributed by atoms with Gasteiger partial charge in [-0.05, 0) is 43.5 Å². The van der Waals surface area contributed by atoms with Crippen molar-refractivity contribution < 1.29 is 4.79 Å². The molecule has 2 N–H and O–H groups in total. The van der Waals surface area contributed by atoms with Crippen molar-refractivity contribution in [2.75, 3.05) is 6.54 Å². The zero-order valence-electron chi connectivity index (χ0n) is 11.4. The molecule has 1 aliphatic heterocycles. The van der Waals surface area contributed by atoms with E-state index in [1.165, 1.54) is 0 Å². The molecule has 3 atom stereocenters. The van der Waals surface area contributed by atoms with Crippen molar-refractivity contribution in [3.63, 3.8) is 0 Å². The number of benzene rings is 1. The summed E-state index contributed by atoms with van der Waals surface area (Å²) >= 11 is 5.83. The van der Waals surface area contributed by atoms with Crippen LogP contribution in [0.4, 0.5) is 0 Å². The van der Waals surface area contributed by atoms with E-state index in [2.05, 4.69) is 24.5 Å². The predicted octanol–water partition coefficient (Wildman–Crippen LogP) is 2.39. The Morgan fingerprint density at radius 2 is 2.05 bits per heavy atom. The molecule has 1 aromatic carbocycles. The molecular formula is C15H21ClN2O. The number of piperidine rings is 1. The third-order valence-electron chi connectivity index (χ3n) is 3.82. The van der Waals surface area contributed by atoms with E-state index in [1.54, 1.807) is 0 Å². The van der Waals surface area contributed by atoms with E-state index in [1.807, 2.05) is 24.3 Å². The molecular weight excluding hydrogens is 260 g/mol. The number of nitrogens with one attached hydrogen (secondary N) is 2. The molecule has 1 amide bonds. The van der Waals surface area contributed by atoms with Crippen LogP contribution in [0.15, 0.2) is 24.3 Å². The minimum atomic E-state index is 0.0784. The zero-order valence-corrected chi connectivity index (χ0v) is 12.2. The third kappa shape index (κ3) is 3.95. The Labute approximate surface area is 119 Å². The van der Waals surface area contributed by atoms with Crippen molar-refractivity contribution in [2.45, 2.75) is 38.8 Å². The van der Waals surface area contributed by atoms with Crippen LogP contribution in [0.5, 0.6) is 0 Å². The Balaban J connectivity index is 1.91. The van der Waals surface area contributed by atoms with Crippen molar-refractivity contribution in [2.24, 2.45) is 5.92 Å². The number of hydrogen-bond donors (Lipinski definition) is 2. The Morgan fingerprint density at radius 1 is 1.37 bits per heavy atom. The lowest BCUT2D eigenvalue weighted by Crippen LogP contribution is -2.56. The summed E-state index contributed by atoms with van der Waals surface area (Å²) in [4.78, 5) is 12.1. The number of amides is 1. The van der Waals surface area contributed by atoms with Gasteiger partial charge in [-0.3, -0.25) is 4.79 Å². The maximum atomic E-state index is 12.1. The quantitative estimate of drug-likeness (QED) is 0.893. The minimum Gasteiger partial charge on any atom is -0.351 e. The number of halogens is 1. The molecule has 3 unspecified atom stereocenters. The maximum Gasteiger partial charge on any atom is 0.224 e.